The van der Waals surface area contributed by atoms with Crippen LogP contribution >= 0.6 is 11.6 Å². The van der Waals surface area contributed by atoms with Gasteiger partial charge in [-0.1, -0.05) is 23.7 Å². The molecule has 2 rings (SSSR count). The van der Waals surface area contributed by atoms with E-state index in [9.17, 15) is 14.0 Å². The van der Waals surface area contributed by atoms with Crippen LogP contribution in [0.25, 0.3) is 6.08 Å². The molecule has 2 aromatic carbocycles. The van der Waals surface area contributed by atoms with Crippen molar-refractivity contribution in [2.75, 3.05) is 11.9 Å². The van der Waals surface area contributed by atoms with E-state index in [1.54, 1.807) is 25.1 Å². The summed E-state index contributed by atoms with van der Waals surface area (Å²) in [5.74, 6) is -1.22. The Kier molecular flexibility index (Phi) is 6.09. The Balaban J connectivity index is 2.03. The van der Waals surface area contributed by atoms with E-state index in [2.05, 4.69) is 5.32 Å². The molecule has 4 nitrogen and oxygen atoms in total. The molecule has 0 unspecified atom stereocenters. The molecule has 6 heteroatoms. The number of hydrogen-bond acceptors (Lipinski definition) is 3. The third kappa shape index (κ3) is 4.93. The summed E-state index contributed by atoms with van der Waals surface area (Å²) in [5.41, 5.74) is 1.37. The number of esters is 1. The largest absolute Gasteiger partial charge is 0.462 e. The summed E-state index contributed by atoms with van der Waals surface area (Å²) in [4.78, 5) is 23.5. The number of anilines is 1. The summed E-state index contributed by atoms with van der Waals surface area (Å²) in [6.45, 7) is 1.98. The molecule has 1 N–H and O–H groups in total. The Morgan fingerprint density at radius 2 is 1.92 bits per heavy atom. The van der Waals surface area contributed by atoms with Crippen LogP contribution in [-0.4, -0.2) is 18.5 Å². The van der Waals surface area contributed by atoms with E-state index in [-0.39, 0.29) is 17.4 Å². The second kappa shape index (κ2) is 8.26. The first-order valence-corrected chi connectivity index (χ1v) is 7.58. The number of amides is 1. The van der Waals surface area contributed by atoms with Crippen LogP contribution in [0.15, 0.2) is 48.5 Å². The molecule has 0 aromatic heterocycles. The second-order valence-electron chi connectivity index (χ2n) is 4.79. The van der Waals surface area contributed by atoms with Crippen LogP contribution in [0.4, 0.5) is 10.1 Å². The highest BCUT2D eigenvalue weighted by molar-refractivity contribution is 6.34. The first-order valence-electron chi connectivity index (χ1n) is 7.21. The van der Waals surface area contributed by atoms with Crippen molar-refractivity contribution in [3.8, 4) is 0 Å². The quantitative estimate of drug-likeness (QED) is 0.647. The molecule has 24 heavy (non-hydrogen) atoms. The van der Waals surface area contributed by atoms with Crippen molar-refractivity contribution in [1.29, 1.82) is 0 Å². The van der Waals surface area contributed by atoms with Crippen molar-refractivity contribution in [2.45, 2.75) is 6.92 Å². The highest BCUT2D eigenvalue weighted by atomic mass is 35.5. The highest BCUT2D eigenvalue weighted by Crippen LogP contribution is 2.23. The van der Waals surface area contributed by atoms with Gasteiger partial charge in [0.2, 0.25) is 5.91 Å². The van der Waals surface area contributed by atoms with Gasteiger partial charge in [-0.25, -0.2) is 9.18 Å². The van der Waals surface area contributed by atoms with E-state index in [1.807, 2.05) is 0 Å². The third-order valence-corrected chi connectivity index (χ3v) is 3.35. The van der Waals surface area contributed by atoms with E-state index < -0.39 is 11.9 Å². The number of rotatable bonds is 5. The van der Waals surface area contributed by atoms with Crippen LogP contribution in [0.2, 0.25) is 5.02 Å². The maximum atomic E-state index is 12.8. The van der Waals surface area contributed by atoms with Gasteiger partial charge in [0, 0.05) is 6.08 Å². The summed E-state index contributed by atoms with van der Waals surface area (Å²) in [7, 11) is 0. The van der Waals surface area contributed by atoms with Crippen LogP contribution in [-0.2, 0) is 9.53 Å². The van der Waals surface area contributed by atoms with Gasteiger partial charge >= 0.3 is 5.97 Å². The zero-order chi connectivity index (χ0) is 17.5. The van der Waals surface area contributed by atoms with E-state index in [1.165, 1.54) is 36.4 Å². The maximum absolute atomic E-state index is 12.8. The summed E-state index contributed by atoms with van der Waals surface area (Å²) in [5, 5.41) is 2.83. The van der Waals surface area contributed by atoms with E-state index in [0.717, 1.165) is 0 Å². The van der Waals surface area contributed by atoms with Crippen molar-refractivity contribution in [2.24, 2.45) is 0 Å². The van der Waals surface area contributed by atoms with Crippen LogP contribution in [0.5, 0.6) is 0 Å². The molecule has 0 spiro atoms. The molecular weight excluding hydrogens is 333 g/mol. The molecule has 124 valence electrons. The summed E-state index contributed by atoms with van der Waals surface area (Å²) in [6.07, 6.45) is 2.86. The maximum Gasteiger partial charge on any atom is 0.338 e. The predicted molar refractivity (Wildman–Crippen MR) is 91.5 cm³/mol. The fourth-order valence-corrected chi connectivity index (χ4v) is 2.11. The average molecular weight is 348 g/mol. The van der Waals surface area contributed by atoms with Crippen molar-refractivity contribution < 1.29 is 18.7 Å². The molecule has 1 amide bonds. The van der Waals surface area contributed by atoms with Crippen LogP contribution < -0.4 is 5.32 Å². The lowest BCUT2D eigenvalue weighted by Crippen LogP contribution is -2.09. The number of carbonyl (C=O) groups is 2. The molecule has 0 saturated carbocycles. The topological polar surface area (TPSA) is 55.4 Å². The Hall–Kier alpha value is -2.66. The number of halogens is 2. The molecule has 0 heterocycles. The summed E-state index contributed by atoms with van der Waals surface area (Å²) >= 11 is 6.06. The van der Waals surface area contributed by atoms with E-state index >= 15 is 0 Å². The molecular formula is C18H15ClFNO3. The third-order valence-electron chi connectivity index (χ3n) is 3.04. The Bertz CT molecular complexity index is 772. The lowest BCUT2D eigenvalue weighted by atomic mass is 10.2. The molecule has 0 atom stereocenters. The van der Waals surface area contributed by atoms with E-state index in [4.69, 9.17) is 16.3 Å². The van der Waals surface area contributed by atoms with Crippen molar-refractivity contribution >= 4 is 35.2 Å². The summed E-state index contributed by atoms with van der Waals surface area (Å²) in [6, 6.07) is 10.2. The van der Waals surface area contributed by atoms with Gasteiger partial charge < -0.3 is 10.1 Å². The molecule has 2 aromatic rings. The minimum atomic E-state index is -0.478. The molecule has 0 radical (unpaired) electrons. The molecule has 0 aliphatic rings. The van der Waals surface area contributed by atoms with Crippen molar-refractivity contribution in [3.05, 3.63) is 70.5 Å². The Morgan fingerprint density at radius 3 is 2.54 bits per heavy atom. The van der Waals surface area contributed by atoms with Gasteiger partial charge in [-0.3, -0.25) is 4.79 Å². The second-order valence-corrected chi connectivity index (χ2v) is 5.20. The lowest BCUT2D eigenvalue weighted by Gasteiger charge is -2.07. The van der Waals surface area contributed by atoms with Gasteiger partial charge in [0.15, 0.2) is 0 Å². The van der Waals surface area contributed by atoms with E-state index in [0.29, 0.717) is 16.8 Å². The predicted octanol–water partition coefficient (Wildman–Crippen LogP) is 4.31. The standard InChI is InChI=1S/C18H15ClFNO3/c1-2-24-18(23)13-6-9-16(15(19)11-13)21-17(22)10-5-12-3-7-14(20)8-4-12/h3-11H,2H2,1H3,(H,21,22)/b10-5+. The minimum absolute atomic E-state index is 0.226. The molecule has 0 bridgehead atoms. The van der Waals surface area contributed by atoms with Crippen molar-refractivity contribution in [3.63, 3.8) is 0 Å². The van der Waals surface area contributed by atoms with Gasteiger partial charge in [-0.2, -0.15) is 0 Å². The Labute approximate surface area is 143 Å². The van der Waals surface area contributed by atoms with Gasteiger partial charge in [-0.15, -0.1) is 0 Å². The molecule has 0 fully saturated rings. The lowest BCUT2D eigenvalue weighted by molar-refractivity contribution is -0.111. The fraction of sp³-hybridized carbons (Fsp3) is 0.111. The monoisotopic (exact) mass is 347 g/mol. The van der Waals surface area contributed by atoms with Gasteiger partial charge in [0.1, 0.15) is 5.82 Å². The first-order chi connectivity index (χ1) is 11.5. The minimum Gasteiger partial charge on any atom is -0.462 e. The van der Waals surface area contributed by atoms with Gasteiger partial charge in [-0.05, 0) is 48.9 Å². The Morgan fingerprint density at radius 1 is 1.21 bits per heavy atom. The molecule has 0 saturated heterocycles. The molecule has 0 aliphatic carbocycles. The number of benzene rings is 2. The van der Waals surface area contributed by atoms with Crippen LogP contribution in [0.1, 0.15) is 22.8 Å². The number of nitrogens with one attached hydrogen (secondary N) is 1. The average Bonchev–Trinajstić information content (AvgIpc) is 2.56. The van der Waals surface area contributed by atoms with Crippen LogP contribution in [0.3, 0.4) is 0 Å². The van der Waals surface area contributed by atoms with Gasteiger partial charge in [0.25, 0.3) is 0 Å². The van der Waals surface area contributed by atoms with Crippen molar-refractivity contribution in [1.82, 2.24) is 0 Å². The number of ether oxygens (including phenoxy) is 1. The normalized spacial score (nSPS) is 10.6. The zero-order valence-corrected chi connectivity index (χ0v) is 13.6. The smallest absolute Gasteiger partial charge is 0.338 e. The SMILES string of the molecule is CCOC(=O)c1ccc(NC(=O)/C=C/c2ccc(F)cc2)c(Cl)c1. The zero-order valence-electron chi connectivity index (χ0n) is 12.9. The number of carbonyl (C=O) groups excluding carboxylic acids is 2. The number of hydrogen-bond donors (Lipinski definition) is 1. The first kappa shape index (κ1) is 17.7. The summed E-state index contributed by atoms with van der Waals surface area (Å²) < 4.78 is 17.7. The highest BCUT2D eigenvalue weighted by Gasteiger charge is 2.10. The fourth-order valence-electron chi connectivity index (χ4n) is 1.88. The molecule has 0 aliphatic heterocycles. The van der Waals surface area contributed by atoms with Gasteiger partial charge in [0.05, 0.1) is 22.9 Å². The van der Waals surface area contributed by atoms with Crippen LogP contribution in [0, 0.1) is 5.82 Å².